The van der Waals surface area contributed by atoms with E-state index in [4.69, 9.17) is 0 Å². The molecular formula is C46H38F36O3. The zero-order valence-electron chi connectivity index (χ0n) is 42.7. The third-order valence-corrected chi connectivity index (χ3v) is 12.7. The number of aliphatic hydroxyl groups is 2. The second kappa shape index (κ2) is 24.5. The maximum atomic E-state index is 13.7. The molecule has 0 amide bonds. The molecule has 3 atom stereocenters. The summed E-state index contributed by atoms with van der Waals surface area (Å²) in [5.41, 5.74) is -51.1. The van der Waals surface area contributed by atoms with Crippen molar-refractivity contribution in [3.8, 4) is 0 Å². The van der Waals surface area contributed by atoms with Gasteiger partial charge >= 0.3 is 74.1 Å². The van der Waals surface area contributed by atoms with Crippen molar-refractivity contribution in [2.45, 2.75) is 169 Å². The fraction of sp³-hybridized carbons (Fsp3) is 0.609. The van der Waals surface area contributed by atoms with E-state index in [1.54, 1.807) is 0 Å². The third-order valence-electron chi connectivity index (χ3n) is 12.7. The van der Waals surface area contributed by atoms with E-state index in [1.165, 1.54) is 19.1 Å². The maximum absolute atomic E-state index is 13.7. The van der Waals surface area contributed by atoms with Crippen LogP contribution in [0.1, 0.15) is 145 Å². The van der Waals surface area contributed by atoms with Gasteiger partial charge in [-0.25, -0.2) is 0 Å². The van der Waals surface area contributed by atoms with Gasteiger partial charge in [-0.15, -0.1) is 0 Å². The van der Waals surface area contributed by atoms with Crippen LogP contribution in [-0.4, -0.2) is 54.4 Å². The molecule has 39 heteroatoms. The predicted octanol–water partition coefficient (Wildman–Crippen LogP) is 20.3. The van der Waals surface area contributed by atoms with Gasteiger partial charge in [-0.3, -0.25) is 0 Å². The SMILES string of the molecule is CCC(C)c1c(C(F)(F)F)c(C(F)(F)F)c(C(O)(C(F)(F)F)C(F)(F)F)c(C(F)(F)F)c1C(F)(F)F.CCC(C)c1c(C(F)(F)F)cc(C(O)(C(F)(F)F)C(F)(F)F)cc1C(F)(F)F.CCC(C)c1ccc(C(OC)(C(F)(F)F)C(F)(F)F)cc1. The molecule has 492 valence electrons. The summed E-state index contributed by atoms with van der Waals surface area (Å²) >= 11 is 0. The molecule has 0 aliphatic rings. The lowest BCUT2D eigenvalue weighted by Gasteiger charge is -2.39. The predicted molar refractivity (Wildman–Crippen MR) is 218 cm³/mol. The highest BCUT2D eigenvalue weighted by molar-refractivity contribution is 5.60. The van der Waals surface area contributed by atoms with Crippen LogP contribution in [0.4, 0.5) is 158 Å². The lowest BCUT2D eigenvalue weighted by molar-refractivity contribution is -0.383. The van der Waals surface area contributed by atoms with Gasteiger partial charge in [0.15, 0.2) is 0 Å². The van der Waals surface area contributed by atoms with Gasteiger partial charge in [0, 0.05) is 23.8 Å². The largest absolute Gasteiger partial charge is 0.430 e. The van der Waals surface area contributed by atoms with Crippen molar-refractivity contribution in [2.75, 3.05) is 7.11 Å². The van der Waals surface area contributed by atoms with Gasteiger partial charge in [-0.2, -0.15) is 158 Å². The van der Waals surface area contributed by atoms with Crippen molar-refractivity contribution in [3.63, 3.8) is 0 Å². The average Bonchev–Trinajstić information content (AvgIpc) is 0.846. The van der Waals surface area contributed by atoms with Gasteiger partial charge in [0.05, 0.1) is 33.4 Å². The van der Waals surface area contributed by atoms with E-state index in [1.807, 2.05) is 13.8 Å². The second-order valence-electron chi connectivity index (χ2n) is 18.1. The maximum Gasteiger partial charge on any atom is 0.430 e. The lowest BCUT2D eigenvalue weighted by atomic mass is 9.74. The van der Waals surface area contributed by atoms with Gasteiger partial charge < -0.3 is 14.9 Å². The molecule has 0 aliphatic carbocycles. The quantitative estimate of drug-likeness (QED) is 0.199. The van der Waals surface area contributed by atoms with Crippen LogP contribution in [0.2, 0.25) is 0 Å². The fourth-order valence-corrected chi connectivity index (χ4v) is 8.10. The Morgan fingerprint density at radius 2 is 0.600 bits per heavy atom. The number of ether oxygens (including phenoxy) is 1. The first-order valence-electron chi connectivity index (χ1n) is 22.5. The summed E-state index contributed by atoms with van der Waals surface area (Å²) in [5.74, 6) is -4.03. The van der Waals surface area contributed by atoms with Crippen molar-refractivity contribution >= 4 is 0 Å². The molecule has 0 saturated heterocycles. The van der Waals surface area contributed by atoms with Crippen LogP contribution in [-0.2, 0) is 58.6 Å². The number of rotatable bonds is 10. The topological polar surface area (TPSA) is 49.7 Å². The summed E-state index contributed by atoms with van der Waals surface area (Å²) < 4.78 is 484. The second-order valence-corrected chi connectivity index (χ2v) is 18.1. The number of alkyl halides is 36. The van der Waals surface area contributed by atoms with Crippen LogP contribution in [0.15, 0.2) is 36.4 Å². The monoisotopic (exact) mass is 1320 g/mol. The van der Waals surface area contributed by atoms with Crippen LogP contribution in [0.3, 0.4) is 0 Å². The Morgan fingerprint density at radius 1 is 0.329 bits per heavy atom. The van der Waals surface area contributed by atoms with Crippen molar-refractivity contribution in [1.82, 2.24) is 0 Å². The van der Waals surface area contributed by atoms with Crippen LogP contribution in [0, 0.1) is 0 Å². The Bertz CT molecular complexity index is 2580. The first-order chi connectivity index (χ1) is 37.2. The highest BCUT2D eigenvalue weighted by atomic mass is 19.5. The van der Waals surface area contributed by atoms with Crippen LogP contribution < -0.4 is 0 Å². The summed E-state index contributed by atoms with van der Waals surface area (Å²) in [5, 5.41) is 18.6. The van der Waals surface area contributed by atoms with Crippen molar-refractivity contribution in [1.29, 1.82) is 0 Å². The van der Waals surface area contributed by atoms with E-state index in [9.17, 15) is 168 Å². The van der Waals surface area contributed by atoms with Crippen molar-refractivity contribution in [2.24, 2.45) is 0 Å². The minimum atomic E-state index is -7.73. The van der Waals surface area contributed by atoms with E-state index in [-0.39, 0.29) is 19.3 Å². The third kappa shape index (κ3) is 15.5. The molecular weight excluding hydrogens is 1280 g/mol. The molecule has 2 N–H and O–H groups in total. The van der Waals surface area contributed by atoms with E-state index in [0.29, 0.717) is 19.6 Å². The minimum Gasteiger partial charge on any atom is -0.369 e. The standard InChI is InChI=1S/C17H10F18O.C15H12F12O.C14H16F6O/c1-3-4(2)5-6(12(18,19)20)9(14(24,25)26)8(11(36,16(30,31)32)17(33,34)35)10(15(27,28)29)7(5)13(21,22)23;1-3-6(2)10-8(12(16,17)18)4-7(5-9(10)13(19,20)21)11(28,14(22,23)24)15(25,26)27;1-4-9(2)10-5-7-11(8-6-10)12(21-3,13(15,16)17)14(18,19)20/h4,36H,3H2,1-2H3;4-6,28H,3H2,1-2H3;5-9H,4H2,1-3H3. The van der Waals surface area contributed by atoms with E-state index >= 15 is 0 Å². The molecule has 3 rings (SSSR count). The molecule has 3 aromatic carbocycles. The van der Waals surface area contributed by atoms with E-state index in [2.05, 4.69) is 4.74 Å². The zero-order chi connectivity index (χ0) is 68.2. The van der Waals surface area contributed by atoms with Crippen LogP contribution in [0.5, 0.6) is 0 Å². The molecule has 0 bridgehead atoms. The molecule has 0 heterocycles. The van der Waals surface area contributed by atoms with Gasteiger partial charge in [0.25, 0.3) is 16.8 Å². The van der Waals surface area contributed by atoms with Gasteiger partial charge in [-0.05, 0) is 65.8 Å². The molecule has 3 aromatic rings. The number of benzene rings is 3. The van der Waals surface area contributed by atoms with E-state index < -0.39 is 183 Å². The molecule has 0 aromatic heterocycles. The normalized spacial score (nSPS) is 15.6. The summed E-state index contributed by atoms with van der Waals surface area (Å²) in [6, 6.07) is 2.72. The highest BCUT2D eigenvalue weighted by Gasteiger charge is 2.77. The van der Waals surface area contributed by atoms with Crippen LogP contribution >= 0.6 is 0 Å². The van der Waals surface area contributed by atoms with Crippen LogP contribution in [0.25, 0.3) is 0 Å². The molecule has 3 unspecified atom stereocenters. The Kier molecular flexibility index (Phi) is 22.5. The zero-order valence-corrected chi connectivity index (χ0v) is 42.7. The molecule has 0 aliphatic heterocycles. The highest BCUT2D eigenvalue weighted by Crippen LogP contribution is 2.63. The fourth-order valence-electron chi connectivity index (χ4n) is 8.10. The van der Waals surface area contributed by atoms with E-state index in [0.717, 1.165) is 25.5 Å². The molecule has 0 fully saturated rings. The van der Waals surface area contributed by atoms with Gasteiger partial charge in [0.2, 0.25) is 0 Å². The number of hydrogen-bond acceptors (Lipinski definition) is 3. The molecule has 85 heavy (non-hydrogen) atoms. The lowest BCUT2D eigenvalue weighted by Crippen LogP contribution is -2.56. The number of halogens is 36. The average molecular weight is 1320 g/mol. The number of methoxy groups -OCH3 is 1. The van der Waals surface area contributed by atoms with Gasteiger partial charge in [-0.1, -0.05) is 65.8 Å². The molecule has 0 saturated carbocycles. The molecule has 0 radical (unpaired) electrons. The Labute approximate surface area is 452 Å². The van der Waals surface area contributed by atoms with Crippen molar-refractivity contribution in [3.05, 3.63) is 103 Å². The van der Waals surface area contributed by atoms with Crippen molar-refractivity contribution < 1.29 is 173 Å². The summed E-state index contributed by atoms with van der Waals surface area (Å²) in [6.07, 6.45) is -80.3. The molecule has 3 nitrogen and oxygen atoms in total. The number of hydrogen-bond donors (Lipinski definition) is 2. The summed E-state index contributed by atoms with van der Waals surface area (Å²) in [7, 11) is 0.406. The summed E-state index contributed by atoms with van der Waals surface area (Å²) in [6.45, 7) is 6.70. The Hall–Kier alpha value is -4.98. The minimum absolute atomic E-state index is 0.0489. The first kappa shape index (κ1) is 78.0. The first-order valence-corrected chi connectivity index (χ1v) is 22.5. The Morgan fingerprint density at radius 3 is 0.812 bits per heavy atom. The summed E-state index contributed by atoms with van der Waals surface area (Å²) in [4.78, 5) is 0. The Balaban J connectivity index is 0.000000660. The smallest absolute Gasteiger partial charge is 0.369 e. The molecule has 0 spiro atoms. The van der Waals surface area contributed by atoms with Gasteiger partial charge in [0.1, 0.15) is 0 Å².